The predicted octanol–water partition coefficient (Wildman–Crippen LogP) is 4.27. The summed E-state index contributed by atoms with van der Waals surface area (Å²) < 4.78 is 0. The Balaban J connectivity index is 2.24. The van der Waals surface area contributed by atoms with E-state index in [1.165, 1.54) is 22.3 Å². The van der Waals surface area contributed by atoms with Gasteiger partial charge in [-0.3, -0.25) is 0 Å². The zero-order chi connectivity index (χ0) is 15.6. The van der Waals surface area contributed by atoms with Gasteiger partial charge in [0.05, 0.1) is 0 Å². The lowest BCUT2D eigenvalue weighted by molar-refractivity contribution is 0.589. The van der Waals surface area contributed by atoms with Gasteiger partial charge < -0.3 is 5.73 Å². The van der Waals surface area contributed by atoms with Crippen molar-refractivity contribution in [2.45, 2.75) is 50.8 Å². The van der Waals surface area contributed by atoms with Crippen LogP contribution in [0.1, 0.15) is 43.0 Å². The van der Waals surface area contributed by atoms with Gasteiger partial charge in [-0.25, -0.2) is 9.97 Å². The number of nitrogen functional groups attached to an aromatic ring is 1. The number of anilines is 1. The van der Waals surface area contributed by atoms with E-state index < -0.39 is 0 Å². The van der Waals surface area contributed by atoms with Crippen LogP contribution in [0.25, 0.3) is 0 Å². The third kappa shape index (κ3) is 3.76. The van der Waals surface area contributed by atoms with Crippen LogP contribution in [0.2, 0.25) is 0 Å². The van der Waals surface area contributed by atoms with Gasteiger partial charge in [-0.1, -0.05) is 44.7 Å². The highest BCUT2D eigenvalue weighted by molar-refractivity contribution is 7.98. The molecule has 21 heavy (non-hydrogen) atoms. The van der Waals surface area contributed by atoms with E-state index in [0.717, 1.165) is 10.8 Å². The van der Waals surface area contributed by atoms with Crippen molar-refractivity contribution in [1.82, 2.24) is 9.97 Å². The molecule has 0 radical (unpaired) electrons. The van der Waals surface area contributed by atoms with Gasteiger partial charge >= 0.3 is 0 Å². The molecule has 4 heteroatoms. The highest BCUT2D eigenvalue weighted by Crippen LogP contribution is 2.31. The molecule has 0 amide bonds. The molecule has 0 bridgehead atoms. The van der Waals surface area contributed by atoms with Gasteiger partial charge in [0.15, 0.2) is 5.82 Å². The molecule has 0 aliphatic heterocycles. The lowest BCUT2D eigenvalue weighted by Gasteiger charge is -2.22. The number of aromatic nitrogens is 2. The number of aryl methyl sites for hydroxylation is 2. The van der Waals surface area contributed by atoms with Crippen molar-refractivity contribution in [3.63, 3.8) is 0 Å². The number of hydrogen-bond acceptors (Lipinski definition) is 4. The van der Waals surface area contributed by atoms with E-state index in [4.69, 9.17) is 5.73 Å². The van der Waals surface area contributed by atoms with Crippen molar-refractivity contribution >= 4 is 17.6 Å². The minimum atomic E-state index is 0.177. The summed E-state index contributed by atoms with van der Waals surface area (Å²) in [7, 11) is 0. The van der Waals surface area contributed by atoms with Crippen LogP contribution in [-0.4, -0.2) is 9.97 Å². The van der Waals surface area contributed by atoms with Crippen LogP contribution in [0, 0.1) is 13.8 Å². The summed E-state index contributed by atoms with van der Waals surface area (Å²) in [5.41, 5.74) is 11.4. The summed E-state index contributed by atoms with van der Waals surface area (Å²) >= 11 is 1.64. The molecule has 0 saturated heterocycles. The van der Waals surface area contributed by atoms with Crippen molar-refractivity contribution in [2.75, 3.05) is 5.73 Å². The molecule has 0 aliphatic rings. The maximum absolute atomic E-state index is 5.85. The van der Waals surface area contributed by atoms with E-state index >= 15 is 0 Å². The Hall–Kier alpha value is -1.55. The fourth-order valence-electron chi connectivity index (χ4n) is 2.24. The van der Waals surface area contributed by atoms with Gasteiger partial charge in [0, 0.05) is 18.1 Å². The number of nitrogens with zero attached hydrogens (tertiary/aromatic N) is 2. The summed E-state index contributed by atoms with van der Waals surface area (Å²) in [4.78, 5) is 8.36. The Morgan fingerprint density at radius 1 is 1.05 bits per heavy atom. The molecule has 1 aromatic carbocycles. The molecule has 0 spiro atoms. The zero-order valence-corrected chi connectivity index (χ0v) is 14.2. The van der Waals surface area contributed by atoms with Crippen molar-refractivity contribution in [1.29, 1.82) is 0 Å². The number of thioether (sulfide) groups is 1. The van der Waals surface area contributed by atoms with Gasteiger partial charge in [0.2, 0.25) is 0 Å². The quantitative estimate of drug-likeness (QED) is 0.860. The molecule has 0 atom stereocenters. The predicted molar refractivity (Wildman–Crippen MR) is 90.6 cm³/mol. The lowest BCUT2D eigenvalue weighted by atomic mass is 9.84. The maximum Gasteiger partial charge on any atom is 0.156 e. The van der Waals surface area contributed by atoms with Gasteiger partial charge in [-0.2, -0.15) is 0 Å². The van der Waals surface area contributed by atoms with Crippen LogP contribution < -0.4 is 5.73 Å². The van der Waals surface area contributed by atoms with Crippen LogP contribution >= 0.6 is 11.8 Å². The lowest BCUT2D eigenvalue weighted by Crippen LogP contribution is -2.12. The zero-order valence-electron chi connectivity index (χ0n) is 13.4. The normalized spacial score (nSPS) is 11.7. The monoisotopic (exact) mass is 301 g/mol. The Bertz CT molecular complexity index is 622. The Morgan fingerprint density at radius 2 is 1.62 bits per heavy atom. The van der Waals surface area contributed by atoms with Crippen LogP contribution in [0.4, 0.5) is 5.82 Å². The largest absolute Gasteiger partial charge is 0.381 e. The molecule has 0 aliphatic carbocycles. The average Bonchev–Trinajstić information content (AvgIpc) is 2.38. The summed E-state index contributed by atoms with van der Waals surface area (Å²) in [6, 6.07) is 4.59. The minimum absolute atomic E-state index is 0.177. The SMILES string of the molecule is Cc1cc(C(C)(C)C)cc(C)c1CSc1nccnc1N. The number of rotatable bonds is 3. The first-order valence-electron chi connectivity index (χ1n) is 7.09. The second kappa shape index (κ2) is 6.06. The third-order valence-corrected chi connectivity index (χ3v) is 4.63. The molecule has 3 nitrogen and oxygen atoms in total. The summed E-state index contributed by atoms with van der Waals surface area (Å²) in [5.74, 6) is 1.37. The molecule has 2 N–H and O–H groups in total. The number of hydrogen-bond donors (Lipinski definition) is 1. The fraction of sp³-hybridized carbons (Fsp3) is 0.412. The Morgan fingerprint density at radius 3 is 2.14 bits per heavy atom. The van der Waals surface area contributed by atoms with E-state index in [-0.39, 0.29) is 5.41 Å². The van der Waals surface area contributed by atoms with Gasteiger partial charge in [-0.15, -0.1) is 0 Å². The number of nitrogens with two attached hydrogens (primary N) is 1. The molecule has 0 unspecified atom stereocenters. The van der Waals surface area contributed by atoms with Gasteiger partial charge in [-0.05, 0) is 41.5 Å². The highest BCUT2D eigenvalue weighted by atomic mass is 32.2. The average molecular weight is 301 g/mol. The first kappa shape index (κ1) is 15.8. The van der Waals surface area contributed by atoms with Crippen LogP contribution in [0.15, 0.2) is 29.6 Å². The van der Waals surface area contributed by atoms with E-state index in [1.54, 1.807) is 24.2 Å². The summed E-state index contributed by atoms with van der Waals surface area (Å²) in [5, 5.41) is 0.802. The van der Waals surface area contributed by atoms with E-state index in [9.17, 15) is 0 Å². The van der Waals surface area contributed by atoms with Gasteiger partial charge in [0.25, 0.3) is 0 Å². The Labute approximate surface area is 131 Å². The second-order valence-corrected chi connectivity index (χ2v) is 7.34. The molecule has 112 valence electrons. The second-order valence-electron chi connectivity index (χ2n) is 6.37. The molecule has 1 aromatic heterocycles. The summed E-state index contributed by atoms with van der Waals surface area (Å²) in [6.07, 6.45) is 3.30. The molecule has 0 saturated carbocycles. The molecular formula is C17H23N3S. The Kier molecular flexibility index (Phi) is 4.57. The standard InChI is InChI=1S/C17H23N3S/c1-11-8-13(17(3,4)5)9-12(2)14(11)10-21-16-15(18)19-6-7-20-16/h6-9H,10H2,1-5H3,(H2,18,19). The maximum atomic E-state index is 5.85. The van der Waals surface area contributed by atoms with Gasteiger partial charge in [0.1, 0.15) is 5.03 Å². The first-order chi connectivity index (χ1) is 9.79. The van der Waals surface area contributed by atoms with Crippen LogP contribution in [0.3, 0.4) is 0 Å². The third-order valence-electron chi connectivity index (χ3n) is 3.61. The number of benzene rings is 1. The molecule has 0 fully saturated rings. The highest BCUT2D eigenvalue weighted by Gasteiger charge is 2.16. The smallest absolute Gasteiger partial charge is 0.156 e. The molecular weight excluding hydrogens is 278 g/mol. The van der Waals surface area contributed by atoms with Crippen molar-refractivity contribution in [2.24, 2.45) is 0 Å². The van der Waals surface area contributed by atoms with E-state index in [0.29, 0.717) is 5.82 Å². The van der Waals surface area contributed by atoms with Crippen molar-refractivity contribution in [3.8, 4) is 0 Å². The fourth-order valence-corrected chi connectivity index (χ4v) is 3.31. The van der Waals surface area contributed by atoms with E-state index in [2.05, 4.69) is 56.7 Å². The summed E-state index contributed by atoms with van der Waals surface area (Å²) in [6.45, 7) is 11.1. The minimum Gasteiger partial charge on any atom is -0.381 e. The van der Waals surface area contributed by atoms with Crippen molar-refractivity contribution in [3.05, 3.63) is 46.8 Å². The van der Waals surface area contributed by atoms with Crippen LogP contribution in [0.5, 0.6) is 0 Å². The van der Waals surface area contributed by atoms with Crippen molar-refractivity contribution < 1.29 is 0 Å². The molecule has 1 heterocycles. The van der Waals surface area contributed by atoms with Crippen LogP contribution in [-0.2, 0) is 11.2 Å². The topological polar surface area (TPSA) is 51.8 Å². The first-order valence-corrected chi connectivity index (χ1v) is 8.07. The molecule has 2 rings (SSSR count). The molecule has 2 aromatic rings. The van der Waals surface area contributed by atoms with E-state index in [1.807, 2.05) is 0 Å².